The molecule has 0 bridgehead atoms. The minimum absolute atomic E-state index is 0.0615. The average Bonchev–Trinajstić information content (AvgIpc) is 2.59. The Hall–Kier alpha value is -1.40. The van der Waals surface area contributed by atoms with Gasteiger partial charge in [0, 0.05) is 25.6 Å². The number of rotatable bonds is 6. The Kier molecular flexibility index (Phi) is 7.09. The van der Waals surface area contributed by atoms with Crippen LogP contribution in [0, 0.1) is 39.5 Å². The molecule has 0 saturated carbocycles. The molecule has 0 aliphatic carbocycles. The molecule has 0 spiro atoms. The normalized spacial score (nSPS) is 16.7. The molecule has 0 radical (unpaired) electrons. The second kappa shape index (κ2) is 8.74. The molecule has 1 heterocycles. The van der Waals surface area contributed by atoms with Crippen LogP contribution < -0.4 is 5.32 Å². The molecule has 0 aromatic heterocycles. The van der Waals surface area contributed by atoms with Gasteiger partial charge in [-0.2, -0.15) is 4.31 Å². The third kappa shape index (κ3) is 4.91. The molecule has 1 aromatic carbocycles. The maximum atomic E-state index is 13.3. The van der Waals surface area contributed by atoms with Gasteiger partial charge in [-0.3, -0.25) is 4.79 Å². The second-order valence-electron chi connectivity index (χ2n) is 8.24. The predicted octanol–water partition coefficient (Wildman–Crippen LogP) is 3.48. The highest BCUT2D eigenvalue weighted by atomic mass is 32.2. The van der Waals surface area contributed by atoms with E-state index in [4.69, 9.17) is 0 Å². The first-order valence-electron chi connectivity index (χ1n) is 9.91. The summed E-state index contributed by atoms with van der Waals surface area (Å²) in [5.41, 5.74) is 3.64. The number of sulfonamides is 1. The number of carbonyl (C=O) groups excluding carboxylic acids is 1. The van der Waals surface area contributed by atoms with Crippen molar-refractivity contribution in [3.05, 3.63) is 28.3 Å². The molecule has 1 N–H and O–H groups in total. The molecule has 1 saturated heterocycles. The lowest BCUT2D eigenvalue weighted by Gasteiger charge is -2.32. The standard InChI is InChI=1S/C21H34N2O3S/c1-14(2)7-10-22-21(24)19-8-11-23(12-9-19)27(25,26)20-17(5)15(3)13-16(4)18(20)6/h13-14,19H,7-12H2,1-6H3,(H,22,24). The first kappa shape index (κ1) is 21.9. The summed E-state index contributed by atoms with van der Waals surface area (Å²) in [5.74, 6) is 0.526. The summed E-state index contributed by atoms with van der Waals surface area (Å²) in [6.45, 7) is 13.4. The fraction of sp³-hybridized carbons (Fsp3) is 0.667. The Morgan fingerprint density at radius 1 is 1.11 bits per heavy atom. The molecule has 6 heteroatoms. The molecule has 1 aliphatic rings. The van der Waals surface area contributed by atoms with Crippen molar-refractivity contribution in [2.45, 2.75) is 65.7 Å². The molecule has 152 valence electrons. The number of carbonyl (C=O) groups is 1. The molecule has 0 atom stereocenters. The quantitative estimate of drug-likeness (QED) is 0.803. The van der Waals surface area contributed by atoms with Crippen molar-refractivity contribution in [1.82, 2.24) is 9.62 Å². The van der Waals surface area contributed by atoms with Gasteiger partial charge in [-0.1, -0.05) is 19.9 Å². The van der Waals surface area contributed by atoms with Crippen LogP contribution in [0.15, 0.2) is 11.0 Å². The van der Waals surface area contributed by atoms with Crippen LogP contribution in [0.25, 0.3) is 0 Å². The van der Waals surface area contributed by atoms with Crippen molar-refractivity contribution in [3.8, 4) is 0 Å². The van der Waals surface area contributed by atoms with E-state index in [0.29, 0.717) is 43.3 Å². The van der Waals surface area contributed by atoms with Crippen molar-refractivity contribution in [2.75, 3.05) is 19.6 Å². The maximum Gasteiger partial charge on any atom is 0.243 e. The lowest BCUT2D eigenvalue weighted by atomic mass is 9.97. The maximum absolute atomic E-state index is 13.3. The van der Waals surface area contributed by atoms with Crippen LogP contribution in [0.5, 0.6) is 0 Å². The van der Waals surface area contributed by atoms with Crippen molar-refractivity contribution in [3.63, 3.8) is 0 Å². The topological polar surface area (TPSA) is 66.5 Å². The van der Waals surface area contributed by atoms with Crippen LogP contribution in [0.3, 0.4) is 0 Å². The van der Waals surface area contributed by atoms with E-state index >= 15 is 0 Å². The zero-order valence-corrected chi connectivity index (χ0v) is 18.4. The van der Waals surface area contributed by atoms with E-state index in [9.17, 15) is 13.2 Å². The summed E-state index contributed by atoms with van der Waals surface area (Å²) >= 11 is 0. The number of nitrogens with one attached hydrogen (secondary N) is 1. The van der Waals surface area contributed by atoms with Crippen molar-refractivity contribution < 1.29 is 13.2 Å². The number of aryl methyl sites for hydroxylation is 2. The van der Waals surface area contributed by atoms with Gasteiger partial charge in [0.1, 0.15) is 0 Å². The second-order valence-corrected chi connectivity index (χ2v) is 10.1. The third-order valence-corrected chi connectivity index (χ3v) is 7.91. The Bertz CT molecular complexity index is 766. The van der Waals surface area contributed by atoms with Crippen LogP contribution in [0.4, 0.5) is 0 Å². The Morgan fingerprint density at radius 2 is 1.63 bits per heavy atom. The van der Waals surface area contributed by atoms with Crippen LogP contribution in [0.1, 0.15) is 55.4 Å². The number of hydrogen-bond donors (Lipinski definition) is 1. The molecule has 27 heavy (non-hydrogen) atoms. The minimum Gasteiger partial charge on any atom is -0.356 e. The Labute approximate surface area is 164 Å². The summed E-state index contributed by atoms with van der Waals surface area (Å²) in [7, 11) is -3.54. The smallest absolute Gasteiger partial charge is 0.243 e. The van der Waals surface area contributed by atoms with E-state index in [1.165, 1.54) is 0 Å². The first-order valence-corrected chi connectivity index (χ1v) is 11.3. The lowest BCUT2D eigenvalue weighted by Crippen LogP contribution is -2.43. The SMILES string of the molecule is Cc1cc(C)c(C)c(S(=O)(=O)N2CCC(C(=O)NCCC(C)C)CC2)c1C. The zero-order chi connectivity index (χ0) is 20.4. The molecule has 0 unspecified atom stereocenters. The van der Waals surface area contributed by atoms with Gasteiger partial charge in [0.05, 0.1) is 4.90 Å². The van der Waals surface area contributed by atoms with Crippen molar-refractivity contribution in [2.24, 2.45) is 11.8 Å². The van der Waals surface area contributed by atoms with Crippen molar-refractivity contribution >= 4 is 15.9 Å². The monoisotopic (exact) mass is 394 g/mol. The van der Waals surface area contributed by atoms with Crippen LogP contribution in [-0.4, -0.2) is 38.3 Å². The lowest BCUT2D eigenvalue weighted by molar-refractivity contribution is -0.126. The van der Waals surface area contributed by atoms with E-state index in [1.54, 1.807) is 4.31 Å². The van der Waals surface area contributed by atoms with Gasteiger partial charge in [-0.15, -0.1) is 0 Å². The highest BCUT2D eigenvalue weighted by molar-refractivity contribution is 7.89. The van der Waals surface area contributed by atoms with E-state index in [-0.39, 0.29) is 11.8 Å². The van der Waals surface area contributed by atoms with Gasteiger partial charge in [0.15, 0.2) is 0 Å². The first-order chi connectivity index (χ1) is 12.6. The van der Waals surface area contributed by atoms with Gasteiger partial charge < -0.3 is 5.32 Å². The van der Waals surface area contributed by atoms with Crippen molar-refractivity contribution in [1.29, 1.82) is 0 Å². The van der Waals surface area contributed by atoms with Crippen LogP contribution in [-0.2, 0) is 14.8 Å². The largest absolute Gasteiger partial charge is 0.356 e. The Balaban J connectivity index is 2.09. The van der Waals surface area contributed by atoms with E-state index in [1.807, 2.05) is 33.8 Å². The van der Waals surface area contributed by atoms with Gasteiger partial charge >= 0.3 is 0 Å². The molecule has 2 rings (SSSR count). The number of nitrogens with zero attached hydrogens (tertiary/aromatic N) is 1. The van der Waals surface area contributed by atoms with Gasteiger partial charge in [-0.05, 0) is 75.1 Å². The number of benzene rings is 1. The predicted molar refractivity (Wildman–Crippen MR) is 109 cm³/mol. The van der Waals surface area contributed by atoms with Crippen LogP contribution in [0.2, 0.25) is 0 Å². The highest BCUT2D eigenvalue weighted by Gasteiger charge is 2.34. The molecule has 1 aliphatic heterocycles. The van der Waals surface area contributed by atoms with Gasteiger partial charge in [0.2, 0.25) is 15.9 Å². The van der Waals surface area contributed by atoms with Gasteiger partial charge in [0.25, 0.3) is 0 Å². The van der Waals surface area contributed by atoms with Gasteiger partial charge in [-0.25, -0.2) is 8.42 Å². The van der Waals surface area contributed by atoms with E-state index in [0.717, 1.165) is 28.7 Å². The fourth-order valence-corrected chi connectivity index (χ4v) is 5.73. The molecule has 1 fully saturated rings. The summed E-state index contributed by atoms with van der Waals surface area (Å²) < 4.78 is 28.1. The summed E-state index contributed by atoms with van der Waals surface area (Å²) in [4.78, 5) is 12.8. The zero-order valence-electron chi connectivity index (χ0n) is 17.6. The molecule has 1 aromatic rings. The summed E-state index contributed by atoms with van der Waals surface area (Å²) in [6, 6.07) is 2.04. The highest BCUT2D eigenvalue weighted by Crippen LogP contribution is 2.31. The van der Waals surface area contributed by atoms with Crippen LogP contribution >= 0.6 is 0 Å². The fourth-order valence-electron chi connectivity index (χ4n) is 3.68. The average molecular weight is 395 g/mol. The molecule has 5 nitrogen and oxygen atoms in total. The van der Waals surface area contributed by atoms with E-state index in [2.05, 4.69) is 19.2 Å². The molecule has 1 amide bonds. The third-order valence-electron chi connectivity index (χ3n) is 5.74. The summed E-state index contributed by atoms with van der Waals surface area (Å²) in [5, 5.41) is 3.00. The van der Waals surface area contributed by atoms with E-state index < -0.39 is 10.0 Å². The molecular weight excluding hydrogens is 360 g/mol. The number of amides is 1. The summed E-state index contributed by atoms with van der Waals surface area (Å²) in [6.07, 6.45) is 2.12. The number of hydrogen-bond acceptors (Lipinski definition) is 3. The Morgan fingerprint density at radius 3 is 2.11 bits per heavy atom. The minimum atomic E-state index is -3.54. The number of piperidine rings is 1. The molecular formula is C21H34N2O3S.